The van der Waals surface area contributed by atoms with Gasteiger partial charge in [0.2, 0.25) is 0 Å². The van der Waals surface area contributed by atoms with E-state index in [2.05, 4.69) is 87.6 Å². The molecule has 1 heterocycles. The van der Waals surface area contributed by atoms with Crippen LogP contribution in [0.2, 0.25) is 0 Å². The molecule has 0 amide bonds. The van der Waals surface area contributed by atoms with Gasteiger partial charge < -0.3 is 9.80 Å². The molecule has 0 radical (unpaired) electrons. The summed E-state index contributed by atoms with van der Waals surface area (Å²) in [4.78, 5) is 9.35. The Bertz CT molecular complexity index is 555. The van der Waals surface area contributed by atoms with Crippen LogP contribution in [0.1, 0.15) is 19.4 Å². The first-order chi connectivity index (χ1) is 10.7. The van der Waals surface area contributed by atoms with E-state index in [-0.39, 0.29) is 0 Å². The Labute approximate surface area is 147 Å². The van der Waals surface area contributed by atoms with Crippen molar-refractivity contribution in [3.8, 4) is 0 Å². The number of pyridine rings is 1. The molecule has 2 rings (SSSR count). The Balaban J connectivity index is 2.11. The van der Waals surface area contributed by atoms with Crippen molar-refractivity contribution < 1.29 is 0 Å². The number of nitrogens with zero attached hydrogens (tertiary/aromatic N) is 3. The molecule has 0 aliphatic heterocycles. The lowest BCUT2D eigenvalue weighted by atomic mass is 10.2. The van der Waals surface area contributed by atoms with E-state index in [9.17, 15) is 0 Å². The fourth-order valence-electron chi connectivity index (χ4n) is 2.47. The van der Waals surface area contributed by atoms with E-state index >= 15 is 0 Å². The summed E-state index contributed by atoms with van der Waals surface area (Å²) in [5, 5.41) is 0. The third-order valence-corrected chi connectivity index (χ3v) is 4.49. The van der Waals surface area contributed by atoms with Crippen molar-refractivity contribution in [3.63, 3.8) is 0 Å². The second-order valence-electron chi connectivity index (χ2n) is 5.27. The lowest BCUT2D eigenvalue weighted by molar-refractivity contribution is 0.309. The minimum absolute atomic E-state index is 0.898. The number of hydrogen-bond acceptors (Lipinski definition) is 3. The lowest BCUT2D eigenvalue weighted by Gasteiger charge is -2.27. The highest BCUT2D eigenvalue weighted by atomic mass is 127. The zero-order valence-electron chi connectivity index (χ0n) is 13.4. The molecule has 2 aromatic rings. The maximum atomic E-state index is 4.53. The van der Waals surface area contributed by atoms with Crippen molar-refractivity contribution in [3.05, 3.63) is 57.8 Å². The number of anilines is 1. The molecule has 0 aliphatic carbocycles. The zero-order chi connectivity index (χ0) is 15.8. The topological polar surface area (TPSA) is 19.4 Å². The van der Waals surface area contributed by atoms with Crippen LogP contribution in [0.15, 0.2) is 48.7 Å². The predicted octanol–water partition coefficient (Wildman–Crippen LogP) is 4.03. The molecule has 0 saturated heterocycles. The van der Waals surface area contributed by atoms with Gasteiger partial charge in [-0.05, 0) is 65.5 Å². The maximum Gasteiger partial charge on any atom is 0.128 e. The van der Waals surface area contributed by atoms with Gasteiger partial charge in [0.25, 0.3) is 0 Å². The summed E-state index contributed by atoms with van der Waals surface area (Å²) in [6.45, 7) is 9.57. The molecule has 0 aliphatic rings. The van der Waals surface area contributed by atoms with Crippen LogP contribution in [0.25, 0.3) is 0 Å². The third kappa shape index (κ3) is 5.25. The first kappa shape index (κ1) is 17.2. The third-order valence-electron chi connectivity index (χ3n) is 3.82. The quantitative estimate of drug-likeness (QED) is 0.614. The van der Waals surface area contributed by atoms with Gasteiger partial charge in [-0.25, -0.2) is 4.98 Å². The smallest absolute Gasteiger partial charge is 0.128 e. The number of hydrogen-bond donors (Lipinski definition) is 0. The second kappa shape index (κ2) is 9.10. The first-order valence-electron chi connectivity index (χ1n) is 7.85. The molecule has 0 spiro atoms. The molecular weight excluding hydrogens is 385 g/mol. The van der Waals surface area contributed by atoms with Gasteiger partial charge in [-0.3, -0.25) is 0 Å². The predicted molar refractivity (Wildman–Crippen MR) is 102 cm³/mol. The Kier molecular flexibility index (Phi) is 7.12. The summed E-state index contributed by atoms with van der Waals surface area (Å²) in [5.41, 5.74) is 1.33. The molecule has 118 valence electrons. The van der Waals surface area contributed by atoms with Crippen molar-refractivity contribution in [2.24, 2.45) is 0 Å². The Morgan fingerprint density at radius 1 is 1.00 bits per heavy atom. The molecule has 3 nitrogen and oxygen atoms in total. The number of halogens is 1. The molecule has 0 bridgehead atoms. The summed E-state index contributed by atoms with van der Waals surface area (Å²) in [6.07, 6.45) is 1.87. The van der Waals surface area contributed by atoms with Gasteiger partial charge in [0.15, 0.2) is 0 Å². The van der Waals surface area contributed by atoms with Crippen molar-refractivity contribution in [2.75, 3.05) is 31.1 Å². The summed E-state index contributed by atoms with van der Waals surface area (Å²) >= 11 is 2.37. The van der Waals surface area contributed by atoms with E-state index in [1.165, 1.54) is 9.13 Å². The minimum atomic E-state index is 0.898. The van der Waals surface area contributed by atoms with Crippen LogP contribution in [0.4, 0.5) is 5.82 Å². The monoisotopic (exact) mass is 409 g/mol. The largest absolute Gasteiger partial charge is 0.351 e. The molecule has 1 aromatic heterocycles. The fraction of sp³-hybridized carbons (Fsp3) is 0.389. The molecule has 0 atom stereocenters. The molecule has 0 saturated carbocycles. The minimum Gasteiger partial charge on any atom is -0.351 e. The van der Waals surface area contributed by atoms with Crippen LogP contribution < -0.4 is 4.90 Å². The van der Waals surface area contributed by atoms with Gasteiger partial charge in [-0.2, -0.15) is 0 Å². The number of likely N-dealkylation sites (N-methyl/N-ethyl adjacent to an activating group) is 1. The van der Waals surface area contributed by atoms with Gasteiger partial charge in [0.1, 0.15) is 5.82 Å². The normalized spacial score (nSPS) is 10.9. The molecule has 0 fully saturated rings. The molecule has 4 heteroatoms. The van der Waals surface area contributed by atoms with E-state index < -0.39 is 0 Å². The van der Waals surface area contributed by atoms with Crippen LogP contribution in [-0.2, 0) is 6.54 Å². The summed E-state index contributed by atoms with van der Waals surface area (Å²) < 4.78 is 1.28. The van der Waals surface area contributed by atoms with E-state index in [0.717, 1.165) is 38.5 Å². The van der Waals surface area contributed by atoms with Gasteiger partial charge in [0.05, 0.1) is 0 Å². The van der Waals surface area contributed by atoms with Gasteiger partial charge in [-0.15, -0.1) is 0 Å². The summed E-state index contributed by atoms with van der Waals surface area (Å²) in [5.74, 6) is 1.05. The van der Waals surface area contributed by atoms with E-state index in [0.29, 0.717) is 0 Å². The fourth-order valence-corrected chi connectivity index (χ4v) is 3.08. The Morgan fingerprint density at radius 2 is 1.82 bits per heavy atom. The molecule has 22 heavy (non-hydrogen) atoms. The summed E-state index contributed by atoms with van der Waals surface area (Å²) in [6, 6.07) is 14.8. The average Bonchev–Trinajstić information content (AvgIpc) is 2.55. The Hall–Kier alpha value is -1.14. The lowest BCUT2D eigenvalue weighted by Crippen LogP contribution is -2.35. The Morgan fingerprint density at radius 3 is 2.45 bits per heavy atom. The van der Waals surface area contributed by atoms with E-state index in [1.807, 2.05) is 12.3 Å². The number of benzene rings is 1. The highest BCUT2D eigenvalue weighted by molar-refractivity contribution is 14.1. The van der Waals surface area contributed by atoms with Crippen LogP contribution in [-0.4, -0.2) is 36.1 Å². The van der Waals surface area contributed by atoms with Gasteiger partial charge >= 0.3 is 0 Å². The molecule has 1 aromatic carbocycles. The first-order valence-corrected chi connectivity index (χ1v) is 8.93. The summed E-state index contributed by atoms with van der Waals surface area (Å²) in [7, 11) is 0. The molecular formula is C18H24IN3. The highest BCUT2D eigenvalue weighted by Crippen LogP contribution is 2.15. The molecule has 0 unspecified atom stereocenters. The number of aromatic nitrogens is 1. The zero-order valence-corrected chi connectivity index (χ0v) is 15.5. The molecule has 0 N–H and O–H groups in total. The van der Waals surface area contributed by atoms with Gasteiger partial charge in [-0.1, -0.05) is 32.0 Å². The van der Waals surface area contributed by atoms with Crippen molar-refractivity contribution in [1.29, 1.82) is 0 Å². The van der Waals surface area contributed by atoms with E-state index in [4.69, 9.17) is 0 Å². The maximum absolute atomic E-state index is 4.53. The number of rotatable bonds is 8. The van der Waals surface area contributed by atoms with E-state index in [1.54, 1.807) is 0 Å². The van der Waals surface area contributed by atoms with Crippen molar-refractivity contribution in [2.45, 2.75) is 20.4 Å². The SMILES string of the molecule is CCN(CC)CCN(Cc1cccc(I)c1)c1ccccn1. The average molecular weight is 409 g/mol. The van der Waals surface area contributed by atoms with Crippen LogP contribution >= 0.6 is 22.6 Å². The highest BCUT2D eigenvalue weighted by Gasteiger charge is 2.10. The van der Waals surface area contributed by atoms with Crippen molar-refractivity contribution >= 4 is 28.4 Å². The van der Waals surface area contributed by atoms with Crippen LogP contribution in [0.5, 0.6) is 0 Å². The van der Waals surface area contributed by atoms with Gasteiger partial charge in [0, 0.05) is 29.4 Å². The van der Waals surface area contributed by atoms with Crippen molar-refractivity contribution in [1.82, 2.24) is 9.88 Å². The standard InChI is InChI=1S/C18H24IN3/c1-3-21(4-2)12-13-22(18-10-5-6-11-20-18)15-16-8-7-9-17(19)14-16/h5-11,14H,3-4,12-13,15H2,1-2H3. The second-order valence-corrected chi connectivity index (χ2v) is 6.51. The van der Waals surface area contributed by atoms with Crippen LogP contribution in [0.3, 0.4) is 0 Å². The van der Waals surface area contributed by atoms with Crippen LogP contribution in [0, 0.1) is 3.57 Å².